The molecule has 0 unspecified atom stereocenters. The summed E-state index contributed by atoms with van der Waals surface area (Å²) in [5, 5.41) is 16.6. The minimum Gasteiger partial charge on any atom is -0.383 e. The average Bonchev–Trinajstić information content (AvgIpc) is 2.77. The number of pyridine rings is 1. The van der Waals surface area contributed by atoms with Crippen molar-refractivity contribution in [2.45, 2.75) is 26.9 Å². The molecule has 3 N–H and O–H groups in total. The molecule has 20 heavy (non-hydrogen) atoms. The van der Waals surface area contributed by atoms with E-state index < -0.39 is 0 Å². The zero-order valence-corrected chi connectivity index (χ0v) is 11.4. The second kappa shape index (κ2) is 4.62. The van der Waals surface area contributed by atoms with Crippen molar-refractivity contribution in [2.75, 3.05) is 12.3 Å². The van der Waals surface area contributed by atoms with Crippen molar-refractivity contribution in [1.29, 1.82) is 5.26 Å². The number of rotatable bonds is 1. The number of ether oxygens (including phenoxy) is 1. The summed E-state index contributed by atoms with van der Waals surface area (Å²) in [5.74, 6) is 0.281. The molecule has 0 fully saturated rings. The summed E-state index contributed by atoms with van der Waals surface area (Å²) < 4.78 is 5.53. The van der Waals surface area contributed by atoms with E-state index in [2.05, 4.69) is 21.3 Å². The Labute approximate surface area is 116 Å². The van der Waals surface area contributed by atoms with Gasteiger partial charge in [0.15, 0.2) is 0 Å². The van der Waals surface area contributed by atoms with Gasteiger partial charge in [-0.3, -0.25) is 5.10 Å². The molecule has 6 heteroatoms. The van der Waals surface area contributed by atoms with Crippen LogP contribution in [0.2, 0.25) is 0 Å². The normalized spacial score (nSPS) is 13.8. The largest absolute Gasteiger partial charge is 0.383 e. The van der Waals surface area contributed by atoms with Crippen molar-refractivity contribution in [1.82, 2.24) is 15.2 Å². The Hall–Kier alpha value is -2.39. The van der Waals surface area contributed by atoms with Crippen molar-refractivity contribution in [3.8, 4) is 17.2 Å². The Morgan fingerprint density at radius 3 is 2.80 bits per heavy atom. The monoisotopic (exact) mass is 269 g/mol. The molecule has 2 aromatic heterocycles. The molecule has 0 atom stereocenters. The third-order valence-corrected chi connectivity index (χ3v) is 3.63. The number of fused-ring (bicyclic) bond motifs is 1. The molecule has 0 amide bonds. The van der Waals surface area contributed by atoms with Gasteiger partial charge in [0.05, 0.1) is 24.6 Å². The number of aryl methyl sites for hydroxylation is 2. The smallest absolute Gasteiger partial charge is 0.142 e. The molecular weight excluding hydrogens is 254 g/mol. The summed E-state index contributed by atoms with van der Waals surface area (Å²) in [5.41, 5.74) is 11.7. The number of aromatic nitrogens is 3. The number of aromatic amines is 1. The second-order valence-corrected chi connectivity index (χ2v) is 4.90. The number of hydrogen-bond acceptors (Lipinski definition) is 5. The molecule has 6 nitrogen and oxygen atoms in total. The number of nitrogens with two attached hydrogens (primary N) is 1. The van der Waals surface area contributed by atoms with Crippen LogP contribution < -0.4 is 5.73 Å². The maximum atomic E-state index is 9.44. The quantitative estimate of drug-likeness (QED) is 0.819. The highest BCUT2D eigenvalue weighted by Crippen LogP contribution is 2.36. The first kappa shape index (κ1) is 12.6. The lowest BCUT2D eigenvalue weighted by atomic mass is 9.91. The van der Waals surface area contributed by atoms with E-state index in [0.29, 0.717) is 25.2 Å². The summed E-state index contributed by atoms with van der Waals surface area (Å²) in [6.07, 6.45) is 0.716. The van der Waals surface area contributed by atoms with Gasteiger partial charge in [-0.2, -0.15) is 10.4 Å². The molecule has 0 bridgehead atoms. The van der Waals surface area contributed by atoms with Gasteiger partial charge in [-0.15, -0.1) is 0 Å². The van der Waals surface area contributed by atoms with Crippen LogP contribution in [0.25, 0.3) is 11.1 Å². The number of nitriles is 1. The molecule has 0 aromatic carbocycles. The van der Waals surface area contributed by atoms with Crippen LogP contribution >= 0.6 is 0 Å². The highest BCUT2D eigenvalue weighted by atomic mass is 16.5. The predicted molar refractivity (Wildman–Crippen MR) is 73.8 cm³/mol. The van der Waals surface area contributed by atoms with Crippen LogP contribution in [0.1, 0.15) is 28.2 Å². The molecule has 1 aliphatic heterocycles. The first-order valence-electron chi connectivity index (χ1n) is 6.44. The average molecular weight is 269 g/mol. The molecule has 102 valence electrons. The van der Waals surface area contributed by atoms with E-state index in [1.165, 1.54) is 0 Å². The van der Waals surface area contributed by atoms with Crippen molar-refractivity contribution in [2.24, 2.45) is 0 Å². The molecule has 2 aromatic rings. The summed E-state index contributed by atoms with van der Waals surface area (Å²) in [7, 11) is 0. The lowest BCUT2D eigenvalue weighted by Gasteiger charge is -2.21. The molecule has 0 aliphatic carbocycles. The van der Waals surface area contributed by atoms with E-state index >= 15 is 0 Å². The maximum absolute atomic E-state index is 9.44. The third kappa shape index (κ3) is 1.75. The van der Waals surface area contributed by atoms with Gasteiger partial charge in [0.1, 0.15) is 17.5 Å². The van der Waals surface area contributed by atoms with Gasteiger partial charge in [-0.1, -0.05) is 0 Å². The van der Waals surface area contributed by atoms with E-state index in [4.69, 9.17) is 10.5 Å². The second-order valence-electron chi connectivity index (χ2n) is 4.90. The topological polar surface area (TPSA) is 101 Å². The lowest BCUT2D eigenvalue weighted by molar-refractivity contribution is 0.109. The summed E-state index contributed by atoms with van der Waals surface area (Å²) >= 11 is 0. The van der Waals surface area contributed by atoms with E-state index in [1.54, 1.807) is 0 Å². The molecule has 0 radical (unpaired) electrons. The highest BCUT2D eigenvalue weighted by Gasteiger charge is 2.25. The molecule has 3 rings (SSSR count). The summed E-state index contributed by atoms with van der Waals surface area (Å²) in [6, 6.07) is 2.17. The van der Waals surface area contributed by atoms with Crippen LogP contribution in [0.15, 0.2) is 0 Å². The number of hydrogen-bond donors (Lipinski definition) is 2. The Morgan fingerprint density at radius 2 is 2.15 bits per heavy atom. The van der Waals surface area contributed by atoms with Crippen molar-refractivity contribution < 1.29 is 4.74 Å². The van der Waals surface area contributed by atoms with Crippen LogP contribution in [0.4, 0.5) is 5.82 Å². The number of nitrogens with zero attached hydrogens (tertiary/aromatic N) is 3. The lowest BCUT2D eigenvalue weighted by Crippen LogP contribution is -2.16. The van der Waals surface area contributed by atoms with Crippen molar-refractivity contribution in [3.05, 3.63) is 28.2 Å². The van der Waals surface area contributed by atoms with Gasteiger partial charge >= 0.3 is 0 Å². The Balaban J connectivity index is 2.39. The Kier molecular flexibility index (Phi) is 2.92. The minimum atomic E-state index is 0.281. The van der Waals surface area contributed by atoms with E-state index in [9.17, 15) is 5.26 Å². The van der Waals surface area contributed by atoms with Crippen LogP contribution in [0, 0.1) is 25.2 Å². The molecule has 1 aliphatic rings. The molecule has 3 heterocycles. The molecule has 0 spiro atoms. The van der Waals surface area contributed by atoms with E-state index in [-0.39, 0.29) is 5.82 Å². The van der Waals surface area contributed by atoms with Crippen LogP contribution in [0.5, 0.6) is 0 Å². The predicted octanol–water partition coefficient (Wildman–Crippen LogP) is 1.62. The number of anilines is 1. The van der Waals surface area contributed by atoms with Gasteiger partial charge in [-0.25, -0.2) is 4.98 Å². The van der Waals surface area contributed by atoms with Gasteiger partial charge < -0.3 is 10.5 Å². The van der Waals surface area contributed by atoms with Crippen LogP contribution in [0.3, 0.4) is 0 Å². The van der Waals surface area contributed by atoms with Crippen molar-refractivity contribution >= 4 is 5.82 Å². The summed E-state index contributed by atoms with van der Waals surface area (Å²) in [4.78, 5) is 4.36. The Morgan fingerprint density at radius 1 is 1.35 bits per heavy atom. The number of H-pyrrole nitrogens is 1. The zero-order chi connectivity index (χ0) is 14.3. The number of nitrogens with one attached hydrogen (secondary N) is 1. The fraction of sp³-hybridized carbons (Fsp3) is 0.357. The molecule has 0 saturated heterocycles. The molecular formula is C14H15N5O. The van der Waals surface area contributed by atoms with Gasteiger partial charge in [0, 0.05) is 28.8 Å². The standard InChI is InChI=1S/C14H15N5O/c1-7-12(8(2)19-18-7)13-9(5-15)14(16)17-11-3-4-20-6-10(11)13/h3-4,6H2,1-2H3,(H2,16,17)(H,18,19). The third-order valence-electron chi connectivity index (χ3n) is 3.63. The first-order chi connectivity index (χ1) is 9.63. The molecule has 0 saturated carbocycles. The minimum absolute atomic E-state index is 0.281. The highest BCUT2D eigenvalue weighted by molar-refractivity contribution is 5.81. The maximum Gasteiger partial charge on any atom is 0.142 e. The van der Waals surface area contributed by atoms with Crippen molar-refractivity contribution in [3.63, 3.8) is 0 Å². The zero-order valence-electron chi connectivity index (χ0n) is 11.4. The fourth-order valence-electron chi connectivity index (χ4n) is 2.71. The Bertz CT molecular complexity index is 707. The SMILES string of the molecule is Cc1n[nH]c(C)c1-c1c(C#N)c(N)nc2c1COCC2. The van der Waals surface area contributed by atoms with Crippen LogP contribution in [-0.4, -0.2) is 21.8 Å². The number of nitrogen functional groups attached to an aromatic ring is 1. The van der Waals surface area contributed by atoms with E-state index in [0.717, 1.165) is 33.8 Å². The summed E-state index contributed by atoms with van der Waals surface area (Å²) in [6.45, 7) is 4.93. The van der Waals surface area contributed by atoms with Gasteiger partial charge in [-0.05, 0) is 13.8 Å². The van der Waals surface area contributed by atoms with Gasteiger partial charge in [0.25, 0.3) is 0 Å². The first-order valence-corrected chi connectivity index (χ1v) is 6.44. The van der Waals surface area contributed by atoms with E-state index in [1.807, 2.05) is 13.8 Å². The fourth-order valence-corrected chi connectivity index (χ4v) is 2.71. The van der Waals surface area contributed by atoms with Crippen LogP contribution in [-0.2, 0) is 17.8 Å². The van der Waals surface area contributed by atoms with Gasteiger partial charge in [0.2, 0.25) is 0 Å².